The van der Waals surface area contributed by atoms with Crippen LogP contribution in [0.2, 0.25) is 0 Å². The summed E-state index contributed by atoms with van der Waals surface area (Å²) in [7, 11) is 3.05. The monoisotopic (exact) mass is 500 g/mol. The van der Waals surface area contributed by atoms with Crippen molar-refractivity contribution in [2.24, 2.45) is 0 Å². The Morgan fingerprint density at radius 1 is 0.972 bits per heavy atom. The summed E-state index contributed by atoms with van der Waals surface area (Å²) in [5.74, 6) is -0.822. The maximum Gasteiger partial charge on any atom is 0.301 e. The Morgan fingerprint density at radius 2 is 1.69 bits per heavy atom. The van der Waals surface area contributed by atoms with Crippen LogP contribution in [0.5, 0.6) is 11.5 Å². The van der Waals surface area contributed by atoms with E-state index in [0.29, 0.717) is 27.8 Å². The summed E-state index contributed by atoms with van der Waals surface area (Å²) in [6, 6.07) is 17.0. The lowest BCUT2D eigenvalue weighted by molar-refractivity contribution is -0.132. The van der Waals surface area contributed by atoms with Gasteiger partial charge in [-0.05, 0) is 48.7 Å². The van der Waals surface area contributed by atoms with E-state index in [1.54, 1.807) is 42.5 Å². The van der Waals surface area contributed by atoms with Gasteiger partial charge in [0.25, 0.3) is 5.78 Å². The third kappa shape index (κ3) is 3.79. The van der Waals surface area contributed by atoms with Gasteiger partial charge in [-0.1, -0.05) is 53.8 Å². The molecule has 0 bridgehead atoms. The lowest BCUT2D eigenvalue weighted by Gasteiger charge is -2.23. The van der Waals surface area contributed by atoms with E-state index in [1.165, 1.54) is 30.5 Å². The molecule has 1 fully saturated rings. The summed E-state index contributed by atoms with van der Waals surface area (Å²) in [5.41, 5.74) is 3.85. The minimum atomic E-state index is -0.910. The van der Waals surface area contributed by atoms with Crippen molar-refractivity contribution in [3.63, 3.8) is 0 Å². The first-order valence-electron chi connectivity index (χ1n) is 11.3. The molecule has 3 aromatic carbocycles. The molecule has 0 spiro atoms. The van der Waals surface area contributed by atoms with Gasteiger partial charge in [0.1, 0.15) is 5.76 Å². The molecule has 2 heterocycles. The van der Waals surface area contributed by atoms with Gasteiger partial charge < -0.3 is 14.6 Å². The van der Waals surface area contributed by atoms with Gasteiger partial charge in [0.2, 0.25) is 0 Å². The number of hydrogen-bond donors (Lipinski definition) is 1. The number of thiazole rings is 1. The Morgan fingerprint density at radius 3 is 2.39 bits per heavy atom. The number of nitrogens with zero attached hydrogens (tertiary/aromatic N) is 2. The zero-order valence-electron chi connectivity index (χ0n) is 20.2. The van der Waals surface area contributed by atoms with Crippen molar-refractivity contribution in [1.82, 2.24) is 4.98 Å². The maximum absolute atomic E-state index is 13.5. The van der Waals surface area contributed by atoms with Gasteiger partial charge in [-0.2, -0.15) is 0 Å². The minimum Gasteiger partial charge on any atom is -0.507 e. The number of ketones is 1. The Balaban J connectivity index is 1.76. The molecule has 1 aliphatic rings. The molecule has 5 rings (SSSR count). The molecule has 1 amide bonds. The second kappa shape index (κ2) is 9.13. The Bertz CT molecular complexity index is 1540. The van der Waals surface area contributed by atoms with E-state index < -0.39 is 17.7 Å². The third-order valence-electron chi connectivity index (χ3n) is 6.24. The van der Waals surface area contributed by atoms with Crippen LogP contribution in [0.1, 0.15) is 28.3 Å². The first-order valence-corrected chi connectivity index (χ1v) is 12.1. The van der Waals surface area contributed by atoms with Crippen LogP contribution in [0.4, 0.5) is 5.13 Å². The van der Waals surface area contributed by atoms with Gasteiger partial charge in [-0.3, -0.25) is 14.5 Å². The van der Waals surface area contributed by atoms with E-state index >= 15 is 0 Å². The number of anilines is 1. The van der Waals surface area contributed by atoms with E-state index in [1.807, 2.05) is 32.0 Å². The van der Waals surface area contributed by atoms with Crippen LogP contribution in [-0.2, 0) is 9.59 Å². The summed E-state index contributed by atoms with van der Waals surface area (Å²) in [5, 5.41) is 11.6. The number of hydrogen-bond acceptors (Lipinski definition) is 7. The number of rotatable bonds is 5. The fourth-order valence-electron chi connectivity index (χ4n) is 4.58. The largest absolute Gasteiger partial charge is 0.507 e. The topological polar surface area (TPSA) is 89.0 Å². The summed E-state index contributed by atoms with van der Waals surface area (Å²) in [4.78, 5) is 33.0. The standard InChI is InChI=1S/C28H24N2O5S/c1-15-12-16(2)23-21(13-15)36-28(29-23)30-24(18-10-11-19(34-3)20(14-18)35-4)22(26(32)27(30)33)25(31)17-8-6-5-7-9-17/h5-14,24,31H,1-4H3. The zero-order valence-corrected chi connectivity index (χ0v) is 21.1. The van der Waals surface area contributed by atoms with E-state index in [4.69, 9.17) is 14.5 Å². The van der Waals surface area contributed by atoms with Crippen molar-refractivity contribution in [2.45, 2.75) is 19.9 Å². The van der Waals surface area contributed by atoms with Crippen molar-refractivity contribution >= 4 is 44.1 Å². The number of aryl methyl sites for hydroxylation is 2. The highest BCUT2D eigenvalue weighted by atomic mass is 32.1. The fraction of sp³-hybridized carbons (Fsp3) is 0.179. The first kappa shape index (κ1) is 23.6. The zero-order chi connectivity index (χ0) is 25.6. The number of aromatic nitrogens is 1. The van der Waals surface area contributed by atoms with Gasteiger partial charge in [0.15, 0.2) is 16.6 Å². The number of aliphatic hydroxyl groups excluding tert-OH is 1. The molecule has 1 aromatic heterocycles. The lowest BCUT2D eigenvalue weighted by Crippen LogP contribution is -2.29. The van der Waals surface area contributed by atoms with Crippen LogP contribution in [0.3, 0.4) is 0 Å². The lowest BCUT2D eigenvalue weighted by atomic mass is 9.95. The predicted molar refractivity (Wildman–Crippen MR) is 140 cm³/mol. The van der Waals surface area contributed by atoms with Gasteiger partial charge in [0, 0.05) is 5.56 Å². The normalized spacial score (nSPS) is 17.1. The van der Waals surface area contributed by atoms with E-state index in [0.717, 1.165) is 21.3 Å². The molecule has 0 aliphatic carbocycles. The number of fused-ring (bicyclic) bond motifs is 1. The molecule has 7 nitrogen and oxygen atoms in total. The van der Waals surface area contributed by atoms with Crippen molar-refractivity contribution in [3.8, 4) is 11.5 Å². The molecular weight excluding hydrogens is 476 g/mol. The number of ether oxygens (including phenoxy) is 2. The van der Waals surface area contributed by atoms with Crippen LogP contribution < -0.4 is 14.4 Å². The number of methoxy groups -OCH3 is 2. The van der Waals surface area contributed by atoms with Gasteiger partial charge in [-0.15, -0.1) is 0 Å². The number of benzene rings is 3. The molecule has 182 valence electrons. The molecule has 8 heteroatoms. The number of Topliss-reactive ketones (excluding diaryl/α,β-unsaturated/α-hetero) is 1. The van der Waals surface area contributed by atoms with Crippen molar-refractivity contribution in [3.05, 3.63) is 88.5 Å². The van der Waals surface area contributed by atoms with Crippen LogP contribution in [0, 0.1) is 13.8 Å². The highest BCUT2D eigenvalue weighted by Crippen LogP contribution is 2.46. The van der Waals surface area contributed by atoms with E-state index in [-0.39, 0.29) is 11.3 Å². The Labute approximate surface area is 212 Å². The number of amides is 1. The van der Waals surface area contributed by atoms with Crippen molar-refractivity contribution in [2.75, 3.05) is 19.1 Å². The Kier molecular flexibility index (Phi) is 5.97. The van der Waals surface area contributed by atoms with Crippen LogP contribution in [0.15, 0.2) is 66.2 Å². The fourth-order valence-corrected chi connectivity index (χ4v) is 5.75. The average molecular weight is 501 g/mol. The Hall–Kier alpha value is -4.17. The number of carbonyl (C=O) groups excluding carboxylic acids is 2. The van der Waals surface area contributed by atoms with Crippen molar-refractivity contribution in [1.29, 1.82) is 0 Å². The quantitative estimate of drug-likeness (QED) is 0.219. The molecule has 1 saturated heterocycles. The molecule has 4 aromatic rings. The molecule has 36 heavy (non-hydrogen) atoms. The molecule has 1 aliphatic heterocycles. The predicted octanol–water partition coefficient (Wildman–Crippen LogP) is 5.56. The highest BCUT2D eigenvalue weighted by Gasteiger charge is 2.48. The minimum absolute atomic E-state index is 0.00872. The highest BCUT2D eigenvalue weighted by molar-refractivity contribution is 7.22. The van der Waals surface area contributed by atoms with Gasteiger partial charge >= 0.3 is 5.91 Å². The summed E-state index contributed by atoms with van der Waals surface area (Å²) >= 11 is 1.34. The van der Waals surface area contributed by atoms with E-state index in [9.17, 15) is 14.7 Å². The second-order valence-electron chi connectivity index (χ2n) is 8.57. The summed E-state index contributed by atoms with van der Waals surface area (Å²) < 4.78 is 11.8. The molecule has 1 atom stereocenters. The van der Waals surface area contributed by atoms with Crippen molar-refractivity contribution < 1.29 is 24.2 Å². The van der Waals surface area contributed by atoms with E-state index in [2.05, 4.69) is 0 Å². The second-order valence-corrected chi connectivity index (χ2v) is 9.58. The molecule has 1 N–H and O–H groups in total. The van der Waals surface area contributed by atoms with Gasteiger partial charge in [0.05, 0.1) is 36.1 Å². The van der Waals surface area contributed by atoms with Crippen LogP contribution in [-0.4, -0.2) is 36.0 Å². The van der Waals surface area contributed by atoms with Crippen LogP contribution in [0.25, 0.3) is 16.0 Å². The number of carbonyl (C=O) groups is 2. The first-order chi connectivity index (χ1) is 17.3. The third-order valence-corrected chi connectivity index (χ3v) is 7.24. The van der Waals surface area contributed by atoms with Crippen LogP contribution >= 0.6 is 11.3 Å². The molecular formula is C28H24N2O5S. The maximum atomic E-state index is 13.5. The number of aliphatic hydroxyl groups is 1. The summed E-state index contributed by atoms with van der Waals surface area (Å²) in [6.07, 6.45) is 0. The average Bonchev–Trinajstić information content (AvgIpc) is 3.42. The molecule has 1 unspecified atom stereocenters. The van der Waals surface area contributed by atoms with Gasteiger partial charge in [-0.25, -0.2) is 4.98 Å². The summed E-state index contributed by atoms with van der Waals surface area (Å²) in [6.45, 7) is 3.97. The smallest absolute Gasteiger partial charge is 0.301 e. The molecule has 0 saturated carbocycles. The molecule has 0 radical (unpaired) electrons. The SMILES string of the molecule is COc1ccc(C2C(=C(O)c3ccccc3)C(=O)C(=O)N2c2nc3c(C)cc(C)cc3s2)cc1OC.